The average Bonchev–Trinajstić information content (AvgIpc) is 3.17. The Hall–Kier alpha value is -1.91. The van der Waals surface area contributed by atoms with Gasteiger partial charge >= 0.3 is 5.97 Å². The Balaban J connectivity index is 2.11. The molecular weight excluding hydrogens is 312 g/mol. The second kappa shape index (κ2) is 6.07. The minimum atomic E-state index is -0.862. The first kappa shape index (κ1) is 15.0. The van der Waals surface area contributed by atoms with Gasteiger partial charge in [-0.05, 0) is 71.3 Å². The summed E-state index contributed by atoms with van der Waals surface area (Å²) in [7, 11) is 0. The van der Waals surface area contributed by atoms with E-state index >= 15 is 0 Å². The molecular formula is C18H16O2S2. The molecule has 0 atom stereocenters. The first-order valence-corrected chi connectivity index (χ1v) is 8.80. The second-order valence-electron chi connectivity index (χ2n) is 5.13. The molecule has 0 saturated carbocycles. The highest BCUT2D eigenvalue weighted by Crippen LogP contribution is 2.37. The molecule has 2 nitrogen and oxygen atoms in total. The number of benzene rings is 1. The van der Waals surface area contributed by atoms with Gasteiger partial charge in [-0.2, -0.15) is 0 Å². The summed E-state index contributed by atoms with van der Waals surface area (Å²) in [5, 5.41) is 11.2. The number of carboxylic acid groups (broad SMARTS) is 1. The third-order valence-electron chi connectivity index (χ3n) is 3.67. The highest BCUT2D eigenvalue weighted by molar-refractivity contribution is 7.17. The van der Waals surface area contributed by atoms with Crippen LogP contribution in [0.15, 0.2) is 41.8 Å². The van der Waals surface area contributed by atoms with E-state index in [0.29, 0.717) is 4.88 Å². The fourth-order valence-corrected chi connectivity index (χ4v) is 4.37. The highest BCUT2D eigenvalue weighted by Gasteiger charge is 2.13. The normalized spacial score (nSPS) is 10.8. The van der Waals surface area contributed by atoms with Crippen molar-refractivity contribution in [1.82, 2.24) is 0 Å². The maximum Gasteiger partial charge on any atom is 0.345 e. The first-order valence-electron chi connectivity index (χ1n) is 7.11. The molecule has 0 unspecified atom stereocenters. The van der Waals surface area contributed by atoms with E-state index in [1.165, 1.54) is 32.9 Å². The first-order chi connectivity index (χ1) is 10.6. The second-order valence-corrected chi connectivity index (χ2v) is 7.16. The van der Waals surface area contributed by atoms with E-state index in [1.807, 2.05) is 6.07 Å². The zero-order valence-electron chi connectivity index (χ0n) is 12.4. The SMILES string of the molecule is CCc1cc(-c2ccc(C(=O)O)s2)cc(C)c1-c1cccs1. The molecule has 0 fully saturated rings. The molecule has 1 aromatic carbocycles. The van der Waals surface area contributed by atoms with Crippen molar-refractivity contribution >= 4 is 28.6 Å². The molecule has 0 aliphatic carbocycles. The van der Waals surface area contributed by atoms with Crippen molar-refractivity contribution in [2.45, 2.75) is 20.3 Å². The fourth-order valence-electron chi connectivity index (χ4n) is 2.66. The molecule has 0 aliphatic rings. The van der Waals surface area contributed by atoms with Gasteiger partial charge in [-0.25, -0.2) is 4.79 Å². The van der Waals surface area contributed by atoms with Gasteiger partial charge in [0.25, 0.3) is 0 Å². The lowest BCUT2D eigenvalue weighted by Gasteiger charge is -2.12. The molecule has 22 heavy (non-hydrogen) atoms. The van der Waals surface area contributed by atoms with Crippen LogP contribution in [0, 0.1) is 6.92 Å². The summed E-state index contributed by atoms with van der Waals surface area (Å²) in [4.78, 5) is 13.7. The maximum atomic E-state index is 11.1. The molecule has 0 spiro atoms. The molecule has 4 heteroatoms. The molecule has 112 valence electrons. The summed E-state index contributed by atoms with van der Waals surface area (Å²) in [6.45, 7) is 4.29. The van der Waals surface area contributed by atoms with E-state index in [1.54, 1.807) is 17.4 Å². The fraction of sp³-hybridized carbons (Fsp3) is 0.167. The minimum Gasteiger partial charge on any atom is -0.477 e. The zero-order chi connectivity index (χ0) is 15.7. The number of rotatable bonds is 4. The number of thiophene rings is 2. The number of aryl methyl sites for hydroxylation is 2. The van der Waals surface area contributed by atoms with Crippen LogP contribution < -0.4 is 0 Å². The van der Waals surface area contributed by atoms with E-state index in [4.69, 9.17) is 5.11 Å². The summed E-state index contributed by atoms with van der Waals surface area (Å²) in [5.74, 6) is -0.862. The topological polar surface area (TPSA) is 37.3 Å². The molecule has 0 saturated heterocycles. The number of hydrogen-bond donors (Lipinski definition) is 1. The zero-order valence-corrected chi connectivity index (χ0v) is 14.1. The maximum absolute atomic E-state index is 11.1. The van der Waals surface area contributed by atoms with Gasteiger partial charge in [0.05, 0.1) is 0 Å². The molecule has 1 N–H and O–H groups in total. The lowest BCUT2D eigenvalue weighted by Crippen LogP contribution is -1.92. The van der Waals surface area contributed by atoms with E-state index in [2.05, 4.69) is 43.5 Å². The highest BCUT2D eigenvalue weighted by atomic mass is 32.1. The van der Waals surface area contributed by atoms with Gasteiger partial charge in [0, 0.05) is 9.75 Å². The van der Waals surface area contributed by atoms with Gasteiger partial charge in [-0.1, -0.05) is 13.0 Å². The van der Waals surface area contributed by atoms with Crippen LogP contribution in [-0.2, 0) is 6.42 Å². The van der Waals surface area contributed by atoms with Crippen LogP contribution in [-0.4, -0.2) is 11.1 Å². The largest absolute Gasteiger partial charge is 0.477 e. The van der Waals surface area contributed by atoms with Crippen LogP contribution in [0.5, 0.6) is 0 Å². The average molecular weight is 328 g/mol. The van der Waals surface area contributed by atoms with Gasteiger partial charge in [-0.15, -0.1) is 22.7 Å². The van der Waals surface area contributed by atoms with Crippen LogP contribution in [0.1, 0.15) is 27.7 Å². The molecule has 3 rings (SSSR count). The van der Waals surface area contributed by atoms with Crippen LogP contribution >= 0.6 is 22.7 Å². The van der Waals surface area contributed by atoms with E-state index in [0.717, 1.165) is 16.9 Å². The van der Waals surface area contributed by atoms with Crippen molar-refractivity contribution in [3.05, 3.63) is 57.8 Å². The van der Waals surface area contributed by atoms with Crippen LogP contribution in [0.4, 0.5) is 0 Å². The Kier molecular flexibility index (Phi) is 4.14. The molecule has 0 amide bonds. The van der Waals surface area contributed by atoms with Crippen molar-refractivity contribution in [3.8, 4) is 20.9 Å². The summed E-state index contributed by atoms with van der Waals surface area (Å²) < 4.78 is 0. The lowest BCUT2D eigenvalue weighted by molar-refractivity contribution is 0.0702. The Morgan fingerprint density at radius 3 is 2.59 bits per heavy atom. The molecule has 0 radical (unpaired) electrons. The quantitative estimate of drug-likeness (QED) is 0.666. The van der Waals surface area contributed by atoms with Crippen molar-refractivity contribution < 1.29 is 9.90 Å². The van der Waals surface area contributed by atoms with Crippen LogP contribution in [0.3, 0.4) is 0 Å². The van der Waals surface area contributed by atoms with E-state index in [-0.39, 0.29) is 0 Å². The van der Waals surface area contributed by atoms with Gasteiger partial charge in [-0.3, -0.25) is 0 Å². The van der Waals surface area contributed by atoms with E-state index < -0.39 is 5.97 Å². The number of carbonyl (C=O) groups is 1. The molecule has 2 aromatic heterocycles. The third-order valence-corrected chi connectivity index (χ3v) is 5.68. The summed E-state index contributed by atoms with van der Waals surface area (Å²) in [6.07, 6.45) is 0.957. The number of aromatic carboxylic acids is 1. The molecule has 0 bridgehead atoms. The van der Waals surface area contributed by atoms with Crippen molar-refractivity contribution in [2.24, 2.45) is 0 Å². The number of carboxylic acids is 1. The van der Waals surface area contributed by atoms with Crippen molar-refractivity contribution in [1.29, 1.82) is 0 Å². The smallest absolute Gasteiger partial charge is 0.345 e. The molecule has 3 aromatic rings. The Labute approximate surface area is 137 Å². The molecule has 2 heterocycles. The van der Waals surface area contributed by atoms with Gasteiger partial charge in [0.2, 0.25) is 0 Å². The van der Waals surface area contributed by atoms with Crippen LogP contribution in [0.25, 0.3) is 20.9 Å². The minimum absolute atomic E-state index is 0.382. The monoisotopic (exact) mass is 328 g/mol. The van der Waals surface area contributed by atoms with Gasteiger partial charge < -0.3 is 5.11 Å². The third kappa shape index (κ3) is 2.72. The predicted molar refractivity (Wildman–Crippen MR) is 94.1 cm³/mol. The van der Waals surface area contributed by atoms with Gasteiger partial charge in [0.1, 0.15) is 4.88 Å². The predicted octanol–water partition coefficient (Wildman–Crippen LogP) is 5.71. The van der Waals surface area contributed by atoms with Crippen molar-refractivity contribution in [3.63, 3.8) is 0 Å². The summed E-state index contributed by atoms with van der Waals surface area (Å²) >= 11 is 3.08. The van der Waals surface area contributed by atoms with Crippen LogP contribution in [0.2, 0.25) is 0 Å². The summed E-state index contributed by atoms with van der Waals surface area (Å²) in [6, 6.07) is 12.2. The van der Waals surface area contributed by atoms with E-state index in [9.17, 15) is 4.79 Å². The summed E-state index contributed by atoms with van der Waals surface area (Å²) in [5.41, 5.74) is 4.97. The Morgan fingerprint density at radius 1 is 1.18 bits per heavy atom. The van der Waals surface area contributed by atoms with Crippen molar-refractivity contribution in [2.75, 3.05) is 0 Å². The molecule has 0 aliphatic heterocycles. The lowest BCUT2D eigenvalue weighted by atomic mass is 9.95. The standard InChI is InChI=1S/C18H16O2S2/c1-3-12-10-13(14-6-7-16(22-14)18(19)20)9-11(2)17(12)15-5-4-8-21-15/h4-10H,3H2,1-2H3,(H,19,20). The Morgan fingerprint density at radius 2 is 2.00 bits per heavy atom. The number of hydrogen-bond acceptors (Lipinski definition) is 3. The Bertz CT molecular complexity index is 814. The van der Waals surface area contributed by atoms with Gasteiger partial charge in [0.15, 0.2) is 0 Å².